The third kappa shape index (κ3) is 2.01. The van der Waals surface area contributed by atoms with Gasteiger partial charge in [-0.1, -0.05) is 24.7 Å². The normalized spacial score (nSPS) is 15.2. The molecule has 0 N–H and O–H groups in total. The van der Waals surface area contributed by atoms with Crippen LogP contribution in [0.4, 0.5) is 5.13 Å². The lowest BCUT2D eigenvalue weighted by atomic mass is 10.3. The molecule has 84 valence electrons. The van der Waals surface area contributed by atoms with Crippen LogP contribution >= 0.6 is 11.3 Å². The molecule has 1 aromatic rings. The Balaban J connectivity index is 2.13. The lowest BCUT2D eigenvalue weighted by molar-refractivity contribution is -0.119. The highest BCUT2D eigenvalue weighted by atomic mass is 32.1. The molecule has 0 unspecified atom stereocenters. The number of unbranched alkanes of at least 4 members (excludes halogenated alkanes) is 1. The fourth-order valence-electron chi connectivity index (χ4n) is 1.35. The number of nitrogens with zero attached hydrogens (tertiary/aromatic N) is 3. The van der Waals surface area contributed by atoms with Gasteiger partial charge in [0, 0.05) is 18.6 Å². The van der Waals surface area contributed by atoms with Crippen LogP contribution in [-0.4, -0.2) is 22.0 Å². The quantitative estimate of drug-likeness (QED) is 0.741. The molecule has 2 heterocycles. The first-order valence-corrected chi connectivity index (χ1v) is 5.92. The fourth-order valence-corrected chi connectivity index (χ4v) is 2.24. The minimum atomic E-state index is -0.344. The van der Waals surface area contributed by atoms with Crippen LogP contribution in [0.15, 0.2) is 12.2 Å². The van der Waals surface area contributed by atoms with Crippen LogP contribution in [0.3, 0.4) is 0 Å². The van der Waals surface area contributed by atoms with Gasteiger partial charge in [-0.05, 0) is 6.42 Å². The molecule has 0 saturated heterocycles. The van der Waals surface area contributed by atoms with Gasteiger partial charge in [-0.15, -0.1) is 10.2 Å². The monoisotopic (exact) mass is 237 g/mol. The number of carbonyl (C=O) groups excluding carboxylic acids is 2. The van der Waals surface area contributed by atoms with Crippen LogP contribution in [-0.2, 0) is 16.0 Å². The van der Waals surface area contributed by atoms with Crippen molar-refractivity contribution in [3.8, 4) is 0 Å². The van der Waals surface area contributed by atoms with E-state index in [1.807, 2.05) is 0 Å². The molecule has 0 aromatic carbocycles. The van der Waals surface area contributed by atoms with E-state index in [0.29, 0.717) is 5.13 Å². The average Bonchev–Trinajstić information content (AvgIpc) is 2.83. The van der Waals surface area contributed by atoms with E-state index in [-0.39, 0.29) is 11.8 Å². The molecule has 0 aliphatic carbocycles. The number of amides is 2. The zero-order chi connectivity index (χ0) is 11.5. The molecule has 6 heteroatoms. The largest absolute Gasteiger partial charge is 0.269 e. The van der Waals surface area contributed by atoms with E-state index in [9.17, 15) is 9.59 Å². The average molecular weight is 237 g/mol. The number of rotatable bonds is 4. The molecule has 1 aromatic heterocycles. The summed E-state index contributed by atoms with van der Waals surface area (Å²) in [5.41, 5.74) is 0. The van der Waals surface area contributed by atoms with Crippen molar-refractivity contribution in [1.82, 2.24) is 10.2 Å². The molecule has 2 amide bonds. The van der Waals surface area contributed by atoms with Gasteiger partial charge in [0.15, 0.2) is 0 Å². The van der Waals surface area contributed by atoms with Crippen molar-refractivity contribution < 1.29 is 9.59 Å². The van der Waals surface area contributed by atoms with Gasteiger partial charge < -0.3 is 0 Å². The Morgan fingerprint density at radius 1 is 1.25 bits per heavy atom. The van der Waals surface area contributed by atoms with Crippen molar-refractivity contribution in [3.63, 3.8) is 0 Å². The Labute approximate surface area is 96.8 Å². The third-order valence-electron chi connectivity index (χ3n) is 2.20. The highest BCUT2D eigenvalue weighted by Gasteiger charge is 2.28. The molecule has 0 fully saturated rings. The van der Waals surface area contributed by atoms with Crippen molar-refractivity contribution in [2.45, 2.75) is 26.2 Å². The Hall–Kier alpha value is -1.56. The first-order valence-electron chi connectivity index (χ1n) is 5.11. The van der Waals surface area contributed by atoms with E-state index in [1.54, 1.807) is 0 Å². The van der Waals surface area contributed by atoms with E-state index in [1.165, 1.54) is 23.5 Å². The Kier molecular flexibility index (Phi) is 3.09. The number of carbonyl (C=O) groups is 2. The first-order chi connectivity index (χ1) is 7.72. The van der Waals surface area contributed by atoms with Crippen LogP contribution in [0.2, 0.25) is 0 Å². The molecule has 0 bridgehead atoms. The molecule has 1 aliphatic heterocycles. The first kappa shape index (κ1) is 10.9. The van der Waals surface area contributed by atoms with Crippen molar-refractivity contribution >= 4 is 28.3 Å². The second kappa shape index (κ2) is 4.52. The molecule has 0 atom stereocenters. The van der Waals surface area contributed by atoms with E-state index in [0.717, 1.165) is 29.2 Å². The van der Waals surface area contributed by atoms with Crippen molar-refractivity contribution in [3.05, 3.63) is 17.2 Å². The van der Waals surface area contributed by atoms with E-state index >= 15 is 0 Å². The van der Waals surface area contributed by atoms with Crippen molar-refractivity contribution in [2.75, 3.05) is 4.90 Å². The molecule has 0 radical (unpaired) electrons. The lowest BCUT2D eigenvalue weighted by Gasteiger charge is -2.07. The maximum absolute atomic E-state index is 11.4. The molecule has 0 saturated carbocycles. The van der Waals surface area contributed by atoms with Gasteiger partial charge in [-0.3, -0.25) is 9.59 Å². The summed E-state index contributed by atoms with van der Waals surface area (Å²) < 4.78 is 0. The van der Waals surface area contributed by atoms with Gasteiger partial charge >= 0.3 is 0 Å². The predicted molar refractivity (Wildman–Crippen MR) is 60.2 cm³/mol. The minimum Gasteiger partial charge on any atom is -0.269 e. The number of imide groups is 1. The zero-order valence-corrected chi connectivity index (χ0v) is 9.66. The maximum atomic E-state index is 11.4. The Bertz CT molecular complexity index is 435. The van der Waals surface area contributed by atoms with Gasteiger partial charge in [0.05, 0.1) is 0 Å². The topological polar surface area (TPSA) is 63.2 Å². The maximum Gasteiger partial charge on any atom is 0.260 e. The Morgan fingerprint density at radius 2 is 1.94 bits per heavy atom. The van der Waals surface area contributed by atoms with Gasteiger partial charge in [0.1, 0.15) is 5.01 Å². The number of aromatic nitrogens is 2. The lowest BCUT2D eigenvalue weighted by Crippen LogP contribution is -2.29. The number of hydrogen-bond acceptors (Lipinski definition) is 5. The molecule has 2 rings (SSSR count). The van der Waals surface area contributed by atoms with Crippen LogP contribution in [0, 0.1) is 0 Å². The SMILES string of the molecule is CCCCc1nnc(N2C(=O)C=CC2=O)s1. The van der Waals surface area contributed by atoms with Crippen LogP contribution in [0.5, 0.6) is 0 Å². The molecular weight excluding hydrogens is 226 g/mol. The second-order valence-corrected chi connectivity index (χ2v) is 4.47. The van der Waals surface area contributed by atoms with Gasteiger partial charge in [0.25, 0.3) is 11.8 Å². The predicted octanol–water partition coefficient (Wildman–Crippen LogP) is 1.31. The van der Waals surface area contributed by atoms with E-state index < -0.39 is 0 Å². The van der Waals surface area contributed by atoms with Crippen molar-refractivity contribution in [1.29, 1.82) is 0 Å². The zero-order valence-electron chi connectivity index (χ0n) is 8.84. The highest BCUT2D eigenvalue weighted by molar-refractivity contribution is 7.15. The molecular formula is C10H11N3O2S. The number of aryl methyl sites for hydroxylation is 1. The summed E-state index contributed by atoms with van der Waals surface area (Å²) in [5.74, 6) is -0.689. The smallest absolute Gasteiger partial charge is 0.260 e. The summed E-state index contributed by atoms with van der Waals surface area (Å²) in [6.07, 6.45) is 5.45. The summed E-state index contributed by atoms with van der Waals surface area (Å²) in [6.45, 7) is 2.10. The summed E-state index contributed by atoms with van der Waals surface area (Å²) >= 11 is 1.30. The van der Waals surface area contributed by atoms with Crippen LogP contribution in [0.25, 0.3) is 0 Å². The molecule has 16 heavy (non-hydrogen) atoms. The van der Waals surface area contributed by atoms with E-state index in [4.69, 9.17) is 0 Å². The minimum absolute atomic E-state index is 0.344. The Morgan fingerprint density at radius 3 is 2.56 bits per heavy atom. The third-order valence-corrected chi connectivity index (χ3v) is 3.17. The standard InChI is InChI=1S/C10H11N3O2S/c1-2-3-4-7-11-12-10(16-7)13-8(14)5-6-9(13)15/h5-6H,2-4H2,1H3. The highest BCUT2D eigenvalue weighted by Crippen LogP contribution is 2.24. The molecule has 1 aliphatic rings. The van der Waals surface area contributed by atoms with E-state index in [2.05, 4.69) is 17.1 Å². The van der Waals surface area contributed by atoms with Crippen LogP contribution < -0.4 is 4.90 Å². The second-order valence-electron chi connectivity index (χ2n) is 3.43. The summed E-state index contributed by atoms with van der Waals surface area (Å²) in [7, 11) is 0. The fraction of sp³-hybridized carbons (Fsp3) is 0.400. The number of anilines is 1. The van der Waals surface area contributed by atoms with Gasteiger partial charge in [-0.2, -0.15) is 0 Å². The van der Waals surface area contributed by atoms with Crippen molar-refractivity contribution in [2.24, 2.45) is 0 Å². The van der Waals surface area contributed by atoms with Gasteiger partial charge in [0.2, 0.25) is 5.13 Å². The number of hydrogen-bond donors (Lipinski definition) is 0. The summed E-state index contributed by atoms with van der Waals surface area (Å²) in [6, 6.07) is 0. The molecule has 0 spiro atoms. The van der Waals surface area contributed by atoms with Gasteiger partial charge in [-0.25, -0.2) is 4.90 Å². The summed E-state index contributed by atoms with van der Waals surface area (Å²) in [4.78, 5) is 23.8. The summed E-state index contributed by atoms with van der Waals surface area (Å²) in [5, 5.41) is 9.06. The van der Waals surface area contributed by atoms with Crippen LogP contribution in [0.1, 0.15) is 24.8 Å². The molecule has 5 nitrogen and oxygen atoms in total.